The fourth-order valence-electron chi connectivity index (χ4n) is 3.01. The summed E-state index contributed by atoms with van der Waals surface area (Å²) in [5.41, 5.74) is 1.53. The molecule has 0 saturated heterocycles. The fraction of sp³-hybridized carbons (Fsp3) is 0.190. The van der Waals surface area contributed by atoms with Crippen LogP contribution in [0, 0.1) is 11.8 Å². The molecule has 0 bridgehead atoms. The van der Waals surface area contributed by atoms with Crippen LogP contribution in [0.4, 0.5) is 0 Å². The van der Waals surface area contributed by atoms with E-state index in [-0.39, 0.29) is 5.54 Å². The summed E-state index contributed by atoms with van der Waals surface area (Å²) in [4.78, 5) is 15.3. The third-order valence-corrected chi connectivity index (χ3v) is 5.81. The van der Waals surface area contributed by atoms with Crippen molar-refractivity contribution in [2.75, 3.05) is 0 Å². The number of quaternary nitrogens is 1. The van der Waals surface area contributed by atoms with Crippen molar-refractivity contribution in [1.82, 2.24) is 4.98 Å². The van der Waals surface area contributed by atoms with Crippen LogP contribution in [-0.2, 0) is 0 Å². The summed E-state index contributed by atoms with van der Waals surface area (Å²) in [5.74, 6) is 7.03. The lowest BCUT2D eigenvalue weighted by Crippen LogP contribution is -2.57. The van der Waals surface area contributed by atoms with Crippen molar-refractivity contribution in [3.05, 3.63) is 70.6 Å². The molecule has 2 aliphatic rings. The van der Waals surface area contributed by atoms with Crippen LogP contribution in [0.1, 0.15) is 36.2 Å². The second kappa shape index (κ2) is 6.58. The van der Waals surface area contributed by atoms with Gasteiger partial charge in [0.15, 0.2) is 0 Å². The van der Waals surface area contributed by atoms with Gasteiger partial charge in [-0.05, 0) is 56.9 Å². The van der Waals surface area contributed by atoms with Crippen molar-refractivity contribution in [1.29, 1.82) is 0 Å². The molecule has 0 radical (unpaired) electrons. The second-order valence-electron chi connectivity index (χ2n) is 7.24. The molecular formula is C21H18ClN4S+. The molecule has 4 nitrogen and oxygen atoms in total. The number of fused-ring (bicyclic) bond motifs is 1. The van der Waals surface area contributed by atoms with E-state index in [2.05, 4.69) is 54.9 Å². The van der Waals surface area contributed by atoms with Crippen molar-refractivity contribution < 1.29 is 4.48 Å². The minimum absolute atomic E-state index is 0.133. The zero-order valence-corrected chi connectivity index (χ0v) is 16.8. The highest BCUT2D eigenvalue weighted by molar-refractivity contribution is 7.13. The Labute approximate surface area is 167 Å². The van der Waals surface area contributed by atoms with Crippen LogP contribution in [0.2, 0.25) is 0 Å². The molecule has 1 unspecified atom stereocenters. The molecule has 27 heavy (non-hydrogen) atoms. The number of nitrogens with zero attached hydrogens (tertiary/aromatic N) is 4. The lowest BCUT2D eigenvalue weighted by molar-refractivity contribution is -0.783. The van der Waals surface area contributed by atoms with E-state index in [0.717, 1.165) is 27.0 Å². The molecule has 6 heteroatoms. The average molecular weight is 394 g/mol. The molecular weight excluding hydrogens is 376 g/mol. The number of halogens is 1. The Morgan fingerprint density at radius 1 is 1.11 bits per heavy atom. The molecule has 0 N–H and O–H groups in total. The van der Waals surface area contributed by atoms with Crippen molar-refractivity contribution in [2.24, 2.45) is 9.98 Å². The summed E-state index contributed by atoms with van der Waals surface area (Å²) >= 11 is 7.99. The fourth-order valence-corrected chi connectivity index (χ4v) is 4.07. The lowest BCUT2D eigenvalue weighted by Gasteiger charge is -2.40. The summed E-state index contributed by atoms with van der Waals surface area (Å²) in [6.45, 7) is 6.50. The zero-order valence-electron chi connectivity index (χ0n) is 15.3. The highest BCUT2D eigenvalue weighted by Crippen LogP contribution is 2.40. The molecule has 4 heterocycles. The minimum Gasteiger partial charge on any atom is -0.248 e. The van der Waals surface area contributed by atoms with Crippen LogP contribution in [0.15, 0.2) is 65.1 Å². The first-order valence-electron chi connectivity index (χ1n) is 8.54. The Balaban J connectivity index is 1.70. The molecule has 0 fully saturated rings. The monoisotopic (exact) mass is 393 g/mol. The number of hydrogen-bond donors (Lipinski definition) is 0. The van der Waals surface area contributed by atoms with Crippen LogP contribution in [0.25, 0.3) is 5.70 Å². The van der Waals surface area contributed by atoms with E-state index in [1.807, 2.05) is 30.5 Å². The highest BCUT2D eigenvalue weighted by atomic mass is 35.5. The first-order chi connectivity index (χ1) is 12.9. The maximum absolute atomic E-state index is 6.38. The van der Waals surface area contributed by atoms with Gasteiger partial charge in [0.05, 0.1) is 16.0 Å². The molecule has 134 valence electrons. The number of aromatic nitrogens is 1. The number of hydrogen-bond acceptors (Lipinski definition) is 4. The Morgan fingerprint density at radius 2 is 1.96 bits per heavy atom. The van der Waals surface area contributed by atoms with E-state index < -0.39 is 0 Å². The first kappa shape index (κ1) is 17.9. The van der Waals surface area contributed by atoms with Crippen molar-refractivity contribution >= 4 is 39.6 Å². The molecule has 0 aliphatic carbocycles. The molecule has 0 aromatic carbocycles. The van der Waals surface area contributed by atoms with Gasteiger partial charge >= 0.3 is 0 Å². The predicted octanol–water partition coefficient (Wildman–Crippen LogP) is 4.99. The first-order valence-corrected chi connectivity index (χ1v) is 9.74. The number of aliphatic imine (C=N–C) groups is 2. The third-order valence-electron chi connectivity index (χ3n) is 4.52. The number of pyridine rings is 1. The van der Waals surface area contributed by atoms with Gasteiger partial charge in [0.2, 0.25) is 5.17 Å². The van der Waals surface area contributed by atoms with Gasteiger partial charge < -0.3 is 0 Å². The van der Waals surface area contributed by atoms with Crippen LogP contribution in [0.3, 0.4) is 0 Å². The summed E-state index contributed by atoms with van der Waals surface area (Å²) < 4.78 is 0.456. The standard InChI is InChI=1S/C21H18ClN4S/c1-21(2,3)26-13-12-24-19(22)20(26)25-17(14-26)18-10-9-16(27-18)8-7-15-6-4-5-11-23-15/h4-6,9-14H,1-3H3/q+1. The molecule has 2 aromatic heterocycles. The van der Waals surface area contributed by atoms with E-state index in [4.69, 9.17) is 16.6 Å². The summed E-state index contributed by atoms with van der Waals surface area (Å²) in [6, 6.07) is 9.78. The van der Waals surface area contributed by atoms with Crippen molar-refractivity contribution in [3.63, 3.8) is 0 Å². The average Bonchev–Trinajstić information content (AvgIpc) is 3.26. The maximum Gasteiger partial charge on any atom is 0.276 e. The molecule has 2 aromatic rings. The molecule has 1 atom stereocenters. The predicted molar refractivity (Wildman–Crippen MR) is 112 cm³/mol. The third kappa shape index (κ3) is 3.17. The van der Waals surface area contributed by atoms with Gasteiger partial charge in [-0.3, -0.25) is 0 Å². The summed E-state index contributed by atoms with van der Waals surface area (Å²) in [6.07, 6.45) is 7.68. The van der Waals surface area contributed by atoms with E-state index in [1.165, 1.54) is 0 Å². The van der Waals surface area contributed by atoms with Crippen molar-refractivity contribution in [2.45, 2.75) is 26.3 Å². The Morgan fingerprint density at radius 3 is 2.67 bits per heavy atom. The van der Waals surface area contributed by atoms with Gasteiger partial charge in [-0.15, -0.1) is 11.3 Å². The van der Waals surface area contributed by atoms with E-state index >= 15 is 0 Å². The van der Waals surface area contributed by atoms with E-state index in [9.17, 15) is 0 Å². The minimum atomic E-state index is -0.133. The number of amidine groups is 1. The SMILES string of the molecule is CC(C)(C)[N+]12C=CN=C(Cl)C1=NC(c1ccc(C#Cc3ccccn3)s1)=C2. The number of rotatable bonds is 1. The normalized spacial score (nSPS) is 21.0. The van der Waals surface area contributed by atoms with Gasteiger partial charge in [-0.2, -0.15) is 4.99 Å². The molecule has 4 rings (SSSR count). The lowest BCUT2D eigenvalue weighted by atomic mass is 10.0. The zero-order chi connectivity index (χ0) is 19.1. The Kier molecular flexibility index (Phi) is 4.35. The topological polar surface area (TPSA) is 37.6 Å². The van der Waals surface area contributed by atoms with Crippen LogP contribution in [0.5, 0.6) is 0 Å². The largest absolute Gasteiger partial charge is 0.276 e. The maximum atomic E-state index is 6.38. The highest BCUT2D eigenvalue weighted by Gasteiger charge is 2.50. The van der Waals surface area contributed by atoms with Gasteiger partial charge in [0.25, 0.3) is 5.84 Å². The quantitative estimate of drug-likeness (QED) is 0.496. The summed E-state index contributed by atoms with van der Waals surface area (Å²) in [5, 5.41) is 0.436. The smallest absolute Gasteiger partial charge is 0.248 e. The number of thiophene rings is 1. The van der Waals surface area contributed by atoms with Crippen LogP contribution < -0.4 is 0 Å². The second-order valence-corrected chi connectivity index (χ2v) is 8.69. The molecule has 2 aliphatic heterocycles. The Hall–Kier alpha value is -2.52. The van der Waals surface area contributed by atoms with Crippen molar-refractivity contribution in [3.8, 4) is 11.8 Å². The van der Waals surface area contributed by atoms with Gasteiger partial charge in [0.1, 0.15) is 29.3 Å². The molecule has 0 spiro atoms. The van der Waals surface area contributed by atoms with E-state index in [1.54, 1.807) is 23.7 Å². The van der Waals surface area contributed by atoms with Crippen LogP contribution in [-0.4, -0.2) is 26.0 Å². The van der Waals surface area contributed by atoms with E-state index in [0.29, 0.717) is 9.65 Å². The van der Waals surface area contributed by atoms with Gasteiger partial charge in [-0.25, -0.2) is 14.5 Å². The Bertz CT molecular complexity index is 1070. The summed E-state index contributed by atoms with van der Waals surface area (Å²) in [7, 11) is 0. The van der Waals surface area contributed by atoms with Crippen LogP contribution >= 0.6 is 22.9 Å². The van der Waals surface area contributed by atoms with Gasteiger partial charge in [0, 0.05) is 6.20 Å². The molecule has 0 saturated carbocycles. The van der Waals surface area contributed by atoms with Gasteiger partial charge in [-0.1, -0.05) is 17.7 Å². The molecule has 0 amide bonds.